The van der Waals surface area contributed by atoms with Gasteiger partial charge in [0.05, 0.1) is 11.5 Å². The molecule has 7 aromatic carbocycles. The molecule has 8 aromatic rings. The first kappa shape index (κ1) is 33.2. The molecule has 0 radical (unpaired) electrons. The van der Waals surface area contributed by atoms with Crippen molar-refractivity contribution in [1.29, 1.82) is 0 Å². The smallest absolute Gasteiger partial charge is 0.164 e. The summed E-state index contributed by atoms with van der Waals surface area (Å²) in [4.78, 5) is 17.5. The Labute approximate surface area is 333 Å². The maximum Gasteiger partial charge on any atom is 0.164 e. The number of fused-ring (bicyclic) bond motifs is 7. The second-order valence-electron chi connectivity index (χ2n) is 15.3. The van der Waals surface area contributed by atoms with Gasteiger partial charge in [-0.25, -0.2) is 15.0 Å². The zero-order valence-corrected chi connectivity index (χ0v) is 31.5. The standard InChI is InChI=1S/C53H38N4/c1-52-35-17-16-28-46(52)57(41-31-29-38(30-32-41)51-55-49(36-18-6-2-7-19-36)54-50(56-51)37-20-8-3-9-21-37)45-34-33-44-47(48(45)52)42-26-14-15-27-43(42)53(44,39-22-10-4-11-23-39)40-24-12-5-13-25-40/h2-35,46H,1H3. The summed E-state index contributed by atoms with van der Waals surface area (Å²) in [6, 6.07) is 65.1. The molecule has 2 aliphatic carbocycles. The molecule has 2 atom stereocenters. The van der Waals surface area contributed by atoms with Crippen molar-refractivity contribution in [2.24, 2.45) is 0 Å². The number of benzene rings is 7. The number of hydrogen-bond donors (Lipinski definition) is 0. The molecular formula is C53H38N4. The van der Waals surface area contributed by atoms with Crippen LogP contribution in [0.25, 0.3) is 45.3 Å². The topological polar surface area (TPSA) is 41.9 Å². The average molecular weight is 731 g/mol. The molecule has 1 aliphatic heterocycles. The summed E-state index contributed by atoms with van der Waals surface area (Å²) >= 11 is 0. The van der Waals surface area contributed by atoms with Crippen molar-refractivity contribution in [2.75, 3.05) is 4.90 Å². The van der Waals surface area contributed by atoms with Gasteiger partial charge in [-0.15, -0.1) is 0 Å². The van der Waals surface area contributed by atoms with Crippen molar-refractivity contribution < 1.29 is 0 Å². The second-order valence-corrected chi connectivity index (χ2v) is 15.3. The predicted molar refractivity (Wildman–Crippen MR) is 231 cm³/mol. The molecule has 4 heteroatoms. The van der Waals surface area contributed by atoms with Crippen molar-refractivity contribution in [2.45, 2.75) is 23.8 Å². The van der Waals surface area contributed by atoms with Gasteiger partial charge in [0, 0.05) is 33.5 Å². The van der Waals surface area contributed by atoms with Gasteiger partial charge >= 0.3 is 0 Å². The van der Waals surface area contributed by atoms with Gasteiger partial charge in [-0.3, -0.25) is 0 Å². The second kappa shape index (κ2) is 13.0. The van der Waals surface area contributed by atoms with Gasteiger partial charge in [-0.1, -0.05) is 176 Å². The van der Waals surface area contributed by atoms with E-state index in [4.69, 9.17) is 15.0 Å². The van der Waals surface area contributed by atoms with Crippen LogP contribution in [0.5, 0.6) is 0 Å². The summed E-state index contributed by atoms with van der Waals surface area (Å²) in [5, 5.41) is 0. The Hall–Kier alpha value is -7.17. The van der Waals surface area contributed by atoms with Gasteiger partial charge < -0.3 is 4.90 Å². The molecule has 1 aromatic heterocycles. The highest BCUT2D eigenvalue weighted by atomic mass is 15.2. The number of anilines is 2. The van der Waals surface area contributed by atoms with E-state index in [1.807, 2.05) is 60.7 Å². The van der Waals surface area contributed by atoms with Crippen LogP contribution in [0.2, 0.25) is 0 Å². The van der Waals surface area contributed by atoms with E-state index >= 15 is 0 Å². The van der Waals surface area contributed by atoms with Crippen molar-refractivity contribution >= 4 is 11.4 Å². The molecule has 3 aliphatic rings. The fourth-order valence-electron chi connectivity index (χ4n) is 9.74. The number of nitrogens with zero attached hydrogens (tertiary/aromatic N) is 4. The maximum atomic E-state index is 5.01. The molecule has 270 valence electrons. The highest BCUT2D eigenvalue weighted by Gasteiger charge is 2.53. The number of rotatable bonds is 6. The minimum atomic E-state index is -0.458. The number of hydrogen-bond acceptors (Lipinski definition) is 4. The first-order chi connectivity index (χ1) is 28.1. The normalized spacial score (nSPS) is 18.1. The summed E-state index contributed by atoms with van der Waals surface area (Å²) in [6.07, 6.45) is 9.21. The Balaban J connectivity index is 1.08. The van der Waals surface area contributed by atoms with Gasteiger partial charge in [0.15, 0.2) is 17.5 Å². The Kier molecular flexibility index (Phi) is 7.55. The monoisotopic (exact) mass is 730 g/mol. The summed E-state index contributed by atoms with van der Waals surface area (Å²) in [5.74, 6) is 1.96. The Morgan fingerprint density at radius 1 is 0.474 bits per heavy atom. The SMILES string of the molecule is CC12C=CC=CC1N(c1ccc(-c3nc(-c4ccccc4)nc(-c4ccccc4)n3)cc1)c1ccc3c(c12)-c1ccccc1C3(c1ccccc1)c1ccccc1. The minimum Gasteiger partial charge on any atom is -0.333 e. The third kappa shape index (κ3) is 4.97. The predicted octanol–water partition coefficient (Wildman–Crippen LogP) is 12.1. The van der Waals surface area contributed by atoms with E-state index in [0.717, 1.165) is 22.4 Å². The Morgan fingerprint density at radius 3 is 1.56 bits per heavy atom. The molecule has 0 fully saturated rings. The van der Waals surface area contributed by atoms with E-state index in [-0.39, 0.29) is 11.5 Å². The maximum absolute atomic E-state index is 5.01. The van der Waals surface area contributed by atoms with Gasteiger partial charge in [-0.2, -0.15) is 0 Å². The fourth-order valence-corrected chi connectivity index (χ4v) is 9.74. The highest BCUT2D eigenvalue weighted by Crippen LogP contribution is 2.63. The van der Waals surface area contributed by atoms with Gasteiger partial charge in [0.1, 0.15) is 0 Å². The molecule has 0 amide bonds. The zero-order valence-electron chi connectivity index (χ0n) is 31.5. The van der Waals surface area contributed by atoms with Crippen LogP contribution in [-0.2, 0) is 10.8 Å². The first-order valence-electron chi connectivity index (χ1n) is 19.7. The molecule has 11 rings (SSSR count). The first-order valence-corrected chi connectivity index (χ1v) is 19.7. The molecule has 4 nitrogen and oxygen atoms in total. The van der Waals surface area contributed by atoms with Crippen LogP contribution in [0.15, 0.2) is 206 Å². The quantitative estimate of drug-likeness (QED) is 0.171. The van der Waals surface area contributed by atoms with Gasteiger partial charge in [0.25, 0.3) is 0 Å². The summed E-state index contributed by atoms with van der Waals surface area (Å²) in [7, 11) is 0. The third-order valence-electron chi connectivity index (χ3n) is 12.2. The van der Waals surface area contributed by atoms with Crippen LogP contribution in [0.1, 0.15) is 34.7 Å². The fraction of sp³-hybridized carbons (Fsp3) is 0.0755. The lowest BCUT2D eigenvalue weighted by atomic mass is 9.67. The van der Waals surface area contributed by atoms with Crippen molar-refractivity contribution in [3.8, 4) is 45.3 Å². The summed E-state index contributed by atoms with van der Waals surface area (Å²) < 4.78 is 0. The van der Waals surface area contributed by atoms with Crippen LogP contribution in [0.3, 0.4) is 0 Å². The molecule has 0 saturated heterocycles. The molecular weight excluding hydrogens is 693 g/mol. The van der Waals surface area contributed by atoms with Crippen LogP contribution in [-0.4, -0.2) is 21.0 Å². The summed E-state index contributed by atoms with van der Waals surface area (Å²) in [5.41, 5.74) is 13.7. The lowest BCUT2D eigenvalue weighted by Crippen LogP contribution is -2.39. The molecule has 0 N–H and O–H groups in total. The summed E-state index contributed by atoms with van der Waals surface area (Å²) in [6.45, 7) is 2.42. The number of allylic oxidation sites excluding steroid dienone is 2. The van der Waals surface area contributed by atoms with Gasteiger partial charge in [-0.05, 0) is 76.2 Å². The molecule has 57 heavy (non-hydrogen) atoms. The average Bonchev–Trinajstić information content (AvgIpc) is 3.74. The van der Waals surface area contributed by atoms with Crippen molar-refractivity contribution in [3.63, 3.8) is 0 Å². The zero-order chi connectivity index (χ0) is 38.0. The number of aromatic nitrogens is 3. The van der Waals surface area contributed by atoms with E-state index in [1.54, 1.807) is 0 Å². The highest BCUT2D eigenvalue weighted by molar-refractivity contribution is 5.95. The molecule has 0 bridgehead atoms. The largest absolute Gasteiger partial charge is 0.333 e. The van der Waals surface area contributed by atoms with Crippen LogP contribution < -0.4 is 4.90 Å². The Morgan fingerprint density at radius 2 is 0.982 bits per heavy atom. The minimum absolute atomic E-state index is 0.0806. The van der Waals surface area contributed by atoms with E-state index in [0.29, 0.717) is 17.5 Å². The van der Waals surface area contributed by atoms with Crippen LogP contribution >= 0.6 is 0 Å². The Bertz CT molecular complexity index is 2750. The lowest BCUT2D eigenvalue weighted by Gasteiger charge is -2.35. The van der Waals surface area contributed by atoms with E-state index in [9.17, 15) is 0 Å². The van der Waals surface area contributed by atoms with E-state index in [1.165, 1.54) is 44.6 Å². The van der Waals surface area contributed by atoms with Crippen molar-refractivity contribution in [1.82, 2.24) is 15.0 Å². The van der Waals surface area contributed by atoms with Crippen LogP contribution in [0, 0.1) is 0 Å². The van der Waals surface area contributed by atoms with Gasteiger partial charge in [0.2, 0.25) is 0 Å². The lowest BCUT2D eigenvalue weighted by molar-refractivity contribution is 0.551. The van der Waals surface area contributed by atoms with E-state index in [2.05, 4.69) is 157 Å². The van der Waals surface area contributed by atoms with E-state index < -0.39 is 5.41 Å². The van der Waals surface area contributed by atoms with Crippen LogP contribution in [0.4, 0.5) is 11.4 Å². The molecule has 0 spiro atoms. The molecule has 0 saturated carbocycles. The van der Waals surface area contributed by atoms with Crippen molar-refractivity contribution in [3.05, 3.63) is 234 Å². The third-order valence-corrected chi connectivity index (χ3v) is 12.2. The molecule has 2 heterocycles. The molecule has 2 unspecified atom stereocenters.